The Morgan fingerprint density at radius 1 is 1.45 bits per heavy atom. The van der Waals surface area contributed by atoms with Gasteiger partial charge in [-0.2, -0.15) is 5.26 Å². The number of benzene rings is 1. The molecular weight excluding hydrogens is 252 g/mol. The van der Waals surface area contributed by atoms with Crippen molar-refractivity contribution in [1.29, 1.82) is 5.26 Å². The number of amides is 1. The summed E-state index contributed by atoms with van der Waals surface area (Å²) >= 11 is 0. The van der Waals surface area contributed by atoms with Gasteiger partial charge in [-0.1, -0.05) is 18.2 Å². The van der Waals surface area contributed by atoms with Crippen LogP contribution in [0.4, 0.5) is 0 Å². The van der Waals surface area contributed by atoms with Crippen molar-refractivity contribution in [3.63, 3.8) is 0 Å². The Morgan fingerprint density at radius 2 is 2.30 bits per heavy atom. The lowest BCUT2D eigenvalue weighted by molar-refractivity contribution is -0.132. The highest BCUT2D eigenvalue weighted by atomic mass is 16.2. The van der Waals surface area contributed by atoms with Crippen molar-refractivity contribution < 1.29 is 4.79 Å². The fraction of sp³-hybridized carbons (Fsp3) is 0.333. The molecule has 0 bridgehead atoms. The summed E-state index contributed by atoms with van der Waals surface area (Å²) < 4.78 is 0. The summed E-state index contributed by atoms with van der Waals surface area (Å²) in [6.45, 7) is 1.90. The summed E-state index contributed by atoms with van der Waals surface area (Å²) in [5.41, 5.74) is 2.02. The second-order valence-corrected chi connectivity index (χ2v) is 4.97. The van der Waals surface area contributed by atoms with E-state index in [1.54, 1.807) is 4.90 Å². The van der Waals surface area contributed by atoms with Gasteiger partial charge in [0.15, 0.2) is 0 Å². The molecule has 1 aliphatic rings. The number of fused-ring (bicyclic) bond motifs is 1. The summed E-state index contributed by atoms with van der Waals surface area (Å²) in [4.78, 5) is 17.3. The van der Waals surface area contributed by atoms with E-state index >= 15 is 0 Å². The topological polar surface area (TPSA) is 71.9 Å². The quantitative estimate of drug-likeness (QED) is 0.854. The van der Waals surface area contributed by atoms with Crippen LogP contribution >= 0.6 is 0 Å². The molecule has 0 saturated carbocycles. The van der Waals surface area contributed by atoms with Crippen LogP contribution in [-0.4, -0.2) is 41.5 Å². The van der Waals surface area contributed by atoms with Gasteiger partial charge >= 0.3 is 0 Å². The Bertz CT molecular complexity index is 670. The molecule has 0 radical (unpaired) electrons. The predicted octanol–water partition coefficient (Wildman–Crippen LogP) is 1.03. The van der Waals surface area contributed by atoms with Crippen molar-refractivity contribution in [3.05, 3.63) is 36.0 Å². The molecule has 20 heavy (non-hydrogen) atoms. The highest BCUT2D eigenvalue weighted by molar-refractivity contribution is 5.89. The molecule has 1 atom stereocenters. The predicted molar refractivity (Wildman–Crippen MR) is 76.0 cm³/mol. The minimum atomic E-state index is -0.360. The first-order chi connectivity index (χ1) is 9.79. The SMILES string of the molecule is N#CC1CNCCN1C(=O)Cc1c[nH]c2ccccc12. The van der Waals surface area contributed by atoms with Crippen LogP contribution in [0.5, 0.6) is 0 Å². The first-order valence-electron chi connectivity index (χ1n) is 6.74. The van der Waals surface area contributed by atoms with E-state index in [0.717, 1.165) is 23.0 Å². The molecule has 2 aromatic rings. The van der Waals surface area contributed by atoms with Crippen LogP contribution in [0.15, 0.2) is 30.5 Å². The van der Waals surface area contributed by atoms with Crippen molar-refractivity contribution in [2.75, 3.05) is 19.6 Å². The average Bonchev–Trinajstić information content (AvgIpc) is 2.90. The number of aromatic nitrogens is 1. The molecule has 0 spiro atoms. The average molecular weight is 268 g/mol. The summed E-state index contributed by atoms with van der Waals surface area (Å²) in [7, 11) is 0. The Morgan fingerprint density at radius 3 is 3.15 bits per heavy atom. The van der Waals surface area contributed by atoms with Gasteiger partial charge in [-0.15, -0.1) is 0 Å². The van der Waals surface area contributed by atoms with Crippen LogP contribution in [0, 0.1) is 11.3 Å². The Hall–Kier alpha value is -2.32. The highest BCUT2D eigenvalue weighted by Gasteiger charge is 2.26. The van der Waals surface area contributed by atoms with Crippen LogP contribution in [0.3, 0.4) is 0 Å². The number of carbonyl (C=O) groups excluding carboxylic acids is 1. The third kappa shape index (κ3) is 2.26. The zero-order valence-corrected chi connectivity index (χ0v) is 11.1. The highest BCUT2D eigenvalue weighted by Crippen LogP contribution is 2.19. The van der Waals surface area contributed by atoms with Crippen molar-refractivity contribution in [1.82, 2.24) is 15.2 Å². The van der Waals surface area contributed by atoms with Gasteiger partial charge in [-0.3, -0.25) is 4.79 Å². The molecule has 1 fully saturated rings. The Labute approximate surface area is 117 Å². The molecule has 5 nitrogen and oxygen atoms in total. The molecule has 1 aliphatic heterocycles. The van der Waals surface area contributed by atoms with Crippen molar-refractivity contribution >= 4 is 16.8 Å². The van der Waals surface area contributed by atoms with Crippen LogP contribution in [-0.2, 0) is 11.2 Å². The zero-order valence-electron chi connectivity index (χ0n) is 11.1. The summed E-state index contributed by atoms with van der Waals surface area (Å²) in [6.07, 6.45) is 2.22. The lowest BCUT2D eigenvalue weighted by Gasteiger charge is -2.32. The number of carbonyl (C=O) groups is 1. The third-order valence-electron chi connectivity index (χ3n) is 3.73. The summed E-state index contributed by atoms with van der Waals surface area (Å²) in [6, 6.07) is 9.76. The van der Waals surface area contributed by atoms with E-state index in [0.29, 0.717) is 19.5 Å². The summed E-state index contributed by atoms with van der Waals surface area (Å²) in [5, 5.41) is 13.3. The van der Waals surface area contributed by atoms with E-state index in [2.05, 4.69) is 16.4 Å². The molecule has 1 unspecified atom stereocenters. The Kier molecular flexibility index (Phi) is 3.40. The zero-order chi connectivity index (χ0) is 13.9. The fourth-order valence-electron chi connectivity index (χ4n) is 2.66. The molecular formula is C15H16N4O. The first-order valence-corrected chi connectivity index (χ1v) is 6.74. The van der Waals surface area contributed by atoms with E-state index in [4.69, 9.17) is 5.26 Å². The molecule has 3 rings (SSSR count). The minimum absolute atomic E-state index is 0.0165. The van der Waals surface area contributed by atoms with Gasteiger partial charge in [0.05, 0.1) is 12.5 Å². The van der Waals surface area contributed by atoms with E-state index in [-0.39, 0.29) is 11.9 Å². The number of nitrogens with zero attached hydrogens (tertiary/aromatic N) is 2. The van der Waals surface area contributed by atoms with E-state index in [9.17, 15) is 4.79 Å². The largest absolute Gasteiger partial charge is 0.361 e. The standard InChI is InChI=1S/C15H16N4O/c16-8-12-10-17-5-6-19(12)15(20)7-11-9-18-14-4-2-1-3-13(11)14/h1-4,9,12,17-18H,5-7,10H2. The fourth-order valence-corrected chi connectivity index (χ4v) is 2.66. The molecule has 2 N–H and O–H groups in total. The normalized spacial score (nSPS) is 18.9. The lowest BCUT2D eigenvalue weighted by atomic mass is 10.1. The number of H-pyrrole nitrogens is 1. The second kappa shape index (κ2) is 5.35. The van der Waals surface area contributed by atoms with Crippen molar-refractivity contribution in [3.8, 4) is 6.07 Å². The molecule has 0 aliphatic carbocycles. The molecule has 1 aromatic heterocycles. The number of rotatable bonds is 2. The van der Waals surface area contributed by atoms with Gasteiger partial charge in [0.2, 0.25) is 5.91 Å². The van der Waals surface area contributed by atoms with Crippen LogP contribution in [0.2, 0.25) is 0 Å². The molecule has 2 heterocycles. The summed E-state index contributed by atoms with van der Waals surface area (Å²) in [5.74, 6) is 0.0165. The molecule has 102 valence electrons. The number of aromatic amines is 1. The van der Waals surface area contributed by atoms with Crippen LogP contribution in [0.25, 0.3) is 10.9 Å². The first kappa shape index (κ1) is 12.7. The molecule has 5 heteroatoms. The van der Waals surface area contributed by atoms with Gasteiger partial charge in [0.25, 0.3) is 0 Å². The smallest absolute Gasteiger partial charge is 0.228 e. The van der Waals surface area contributed by atoms with E-state index < -0.39 is 0 Å². The van der Waals surface area contributed by atoms with Crippen molar-refractivity contribution in [2.45, 2.75) is 12.5 Å². The number of hydrogen-bond acceptors (Lipinski definition) is 3. The number of para-hydroxylation sites is 1. The van der Waals surface area contributed by atoms with Gasteiger partial charge in [-0.25, -0.2) is 0 Å². The molecule has 1 saturated heterocycles. The van der Waals surface area contributed by atoms with Gasteiger partial charge in [0.1, 0.15) is 6.04 Å². The molecule has 1 aromatic carbocycles. The minimum Gasteiger partial charge on any atom is -0.361 e. The number of hydrogen-bond donors (Lipinski definition) is 2. The third-order valence-corrected chi connectivity index (χ3v) is 3.73. The monoisotopic (exact) mass is 268 g/mol. The van der Waals surface area contributed by atoms with Crippen LogP contribution in [0.1, 0.15) is 5.56 Å². The number of piperazine rings is 1. The second-order valence-electron chi connectivity index (χ2n) is 4.97. The van der Waals surface area contributed by atoms with E-state index in [1.165, 1.54) is 0 Å². The van der Waals surface area contributed by atoms with E-state index in [1.807, 2.05) is 30.5 Å². The van der Waals surface area contributed by atoms with Gasteiger partial charge in [0, 0.05) is 36.7 Å². The maximum Gasteiger partial charge on any atom is 0.228 e. The lowest BCUT2D eigenvalue weighted by Crippen LogP contribution is -2.53. The Balaban J connectivity index is 1.80. The van der Waals surface area contributed by atoms with Gasteiger partial charge < -0.3 is 15.2 Å². The van der Waals surface area contributed by atoms with Gasteiger partial charge in [-0.05, 0) is 11.6 Å². The molecule has 1 amide bonds. The maximum absolute atomic E-state index is 12.4. The van der Waals surface area contributed by atoms with Crippen molar-refractivity contribution in [2.24, 2.45) is 0 Å². The maximum atomic E-state index is 12.4. The number of nitriles is 1. The number of nitrogens with one attached hydrogen (secondary N) is 2. The van der Waals surface area contributed by atoms with Crippen LogP contribution < -0.4 is 5.32 Å².